The first-order valence-corrected chi connectivity index (χ1v) is 7.22. The van der Waals surface area contributed by atoms with Gasteiger partial charge >= 0.3 is 5.63 Å². The molecule has 2 aromatic carbocycles. The number of hydrogen-bond acceptors (Lipinski definition) is 4. The Morgan fingerprint density at radius 3 is 2.68 bits per heavy atom. The first kappa shape index (κ1) is 13.0. The second kappa shape index (κ2) is 4.91. The number of anilines is 1. The van der Waals surface area contributed by atoms with Crippen LogP contribution in [-0.2, 0) is 6.54 Å². The fourth-order valence-corrected chi connectivity index (χ4v) is 2.95. The summed E-state index contributed by atoms with van der Waals surface area (Å²) in [5.41, 5.74) is 3.38. The van der Waals surface area contributed by atoms with Gasteiger partial charge in [-0.2, -0.15) is 0 Å². The van der Waals surface area contributed by atoms with Gasteiger partial charge in [-0.15, -0.1) is 0 Å². The largest absolute Gasteiger partial charge is 0.465 e. The van der Waals surface area contributed by atoms with Crippen LogP contribution < -0.4 is 15.3 Å². The van der Waals surface area contributed by atoms with E-state index in [1.54, 1.807) is 0 Å². The van der Waals surface area contributed by atoms with Crippen LogP contribution in [0.2, 0.25) is 0 Å². The number of aryl methyl sites for hydroxylation is 1. The molecule has 0 spiro atoms. The van der Waals surface area contributed by atoms with Crippen LogP contribution in [0.3, 0.4) is 0 Å². The highest BCUT2D eigenvalue weighted by atomic mass is 16.5. The molecule has 4 nitrogen and oxygen atoms in total. The monoisotopic (exact) mass is 293 g/mol. The maximum absolute atomic E-state index is 12.1. The van der Waals surface area contributed by atoms with Crippen LogP contribution in [0.4, 0.5) is 5.69 Å². The molecule has 110 valence electrons. The van der Waals surface area contributed by atoms with Crippen LogP contribution in [0.1, 0.15) is 11.1 Å². The highest BCUT2D eigenvalue weighted by Crippen LogP contribution is 2.32. The molecule has 0 saturated heterocycles. The second-order valence-corrected chi connectivity index (χ2v) is 5.45. The zero-order valence-corrected chi connectivity index (χ0v) is 12.2. The summed E-state index contributed by atoms with van der Waals surface area (Å²) in [5, 5.41) is 0.926. The minimum absolute atomic E-state index is 0.337. The molecule has 4 heteroatoms. The number of benzene rings is 2. The summed E-state index contributed by atoms with van der Waals surface area (Å²) < 4.78 is 11.0. The number of fused-ring (bicyclic) bond motifs is 3. The third-order valence-corrected chi connectivity index (χ3v) is 4.04. The third kappa shape index (κ3) is 1.96. The van der Waals surface area contributed by atoms with Crippen molar-refractivity contribution in [2.75, 3.05) is 11.6 Å². The molecule has 0 atom stereocenters. The molecule has 0 bridgehead atoms. The maximum atomic E-state index is 12.1. The molecule has 0 amide bonds. The van der Waals surface area contributed by atoms with Gasteiger partial charge in [-0.25, -0.2) is 4.79 Å². The highest BCUT2D eigenvalue weighted by molar-refractivity contribution is 5.82. The van der Waals surface area contributed by atoms with Crippen molar-refractivity contribution < 1.29 is 9.15 Å². The lowest BCUT2D eigenvalue weighted by Gasteiger charge is -2.31. The standard InChI is InChI=1S/C18H15NO3/c1-12-6-2-4-8-15(12)19-10-14-13-7-3-5-9-16(13)22-18(20)17(14)21-11-19/h2-9H,10-11H2,1H3. The van der Waals surface area contributed by atoms with Gasteiger partial charge in [0.1, 0.15) is 5.58 Å². The lowest BCUT2D eigenvalue weighted by atomic mass is 10.1. The van der Waals surface area contributed by atoms with Crippen molar-refractivity contribution in [2.45, 2.75) is 13.5 Å². The van der Waals surface area contributed by atoms with Crippen molar-refractivity contribution >= 4 is 16.7 Å². The fourth-order valence-electron chi connectivity index (χ4n) is 2.95. The van der Waals surface area contributed by atoms with E-state index in [1.165, 1.54) is 5.56 Å². The molecule has 1 aliphatic heterocycles. The van der Waals surface area contributed by atoms with E-state index in [9.17, 15) is 4.79 Å². The predicted molar refractivity (Wildman–Crippen MR) is 85.3 cm³/mol. The van der Waals surface area contributed by atoms with Gasteiger partial charge in [0.2, 0.25) is 5.75 Å². The molecular formula is C18H15NO3. The minimum atomic E-state index is -0.405. The van der Waals surface area contributed by atoms with E-state index in [0.29, 0.717) is 24.6 Å². The first-order chi connectivity index (χ1) is 10.7. The topological polar surface area (TPSA) is 42.7 Å². The van der Waals surface area contributed by atoms with E-state index in [2.05, 4.69) is 24.0 Å². The van der Waals surface area contributed by atoms with E-state index in [4.69, 9.17) is 9.15 Å². The summed E-state index contributed by atoms with van der Waals surface area (Å²) in [4.78, 5) is 14.2. The van der Waals surface area contributed by atoms with Crippen LogP contribution in [0.25, 0.3) is 11.0 Å². The number of rotatable bonds is 1. The van der Waals surface area contributed by atoms with Crippen molar-refractivity contribution in [3.8, 4) is 5.75 Å². The molecular weight excluding hydrogens is 278 g/mol. The van der Waals surface area contributed by atoms with Gasteiger partial charge in [0.15, 0.2) is 6.73 Å². The Bertz CT molecular complexity index is 914. The Morgan fingerprint density at radius 2 is 1.82 bits per heavy atom. The number of para-hydroxylation sites is 2. The van der Waals surface area contributed by atoms with E-state index < -0.39 is 5.63 Å². The van der Waals surface area contributed by atoms with Gasteiger partial charge in [-0.05, 0) is 24.6 Å². The van der Waals surface area contributed by atoms with Crippen LogP contribution in [0.15, 0.2) is 57.7 Å². The number of ether oxygens (including phenoxy) is 1. The minimum Gasteiger partial charge on any atom is -0.465 e. The van der Waals surface area contributed by atoms with Crippen molar-refractivity contribution in [3.63, 3.8) is 0 Å². The summed E-state index contributed by atoms with van der Waals surface area (Å²) in [6.45, 7) is 3.05. The molecule has 0 fully saturated rings. The Hall–Kier alpha value is -2.75. The number of hydrogen-bond donors (Lipinski definition) is 0. The second-order valence-electron chi connectivity index (χ2n) is 5.45. The Labute approximate surface area is 127 Å². The van der Waals surface area contributed by atoms with E-state index in [-0.39, 0.29) is 0 Å². The Balaban J connectivity index is 1.86. The average molecular weight is 293 g/mol. The van der Waals surface area contributed by atoms with Crippen LogP contribution in [0.5, 0.6) is 5.75 Å². The zero-order chi connectivity index (χ0) is 15.1. The van der Waals surface area contributed by atoms with E-state index >= 15 is 0 Å². The lowest BCUT2D eigenvalue weighted by molar-refractivity contribution is 0.275. The summed E-state index contributed by atoms with van der Waals surface area (Å²) in [7, 11) is 0. The molecule has 2 heterocycles. The van der Waals surface area contributed by atoms with Crippen LogP contribution in [-0.4, -0.2) is 6.73 Å². The molecule has 0 saturated carbocycles. The van der Waals surface area contributed by atoms with Gasteiger partial charge in [0.05, 0.1) is 6.54 Å². The summed E-state index contributed by atoms with van der Waals surface area (Å²) in [5.74, 6) is 0.337. The van der Waals surface area contributed by atoms with E-state index in [0.717, 1.165) is 16.6 Å². The summed E-state index contributed by atoms with van der Waals surface area (Å²) in [6, 6.07) is 15.7. The van der Waals surface area contributed by atoms with E-state index in [1.807, 2.05) is 36.4 Å². The zero-order valence-electron chi connectivity index (χ0n) is 12.2. The Kier molecular flexibility index (Phi) is 2.89. The molecule has 22 heavy (non-hydrogen) atoms. The van der Waals surface area contributed by atoms with Crippen molar-refractivity contribution in [2.24, 2.45) is 0 Å². The first-order valence-electron chi connectivity index (χ1n) is 7.22. The predicted octanol–water partition coefficient (Wildman–Crippen LogP) is 3.46. The van der Waals surface area contributed by atoms with Crippen molar-refractivity contribution in [1.29, 1.82) is 0 Å². The highest BCUT2D eigenvalue weighted by Gasteiger charge is 2.24. The molecule has 0 aliphatic carbocycles. The fraction of sp³-hybridized carbons (Fsp3) is 0.167. The van der Waals surface area contributed by atoms with Crippen LogP contribution >= 0.6 is 0 Å². The molecule has 3 aromatic rings. The van der Waals surface area contributed by atoms with Gasteiger partial charge in [-0.1, -0.05) is 36.4 Å². The molecule has 0 unspecified atom stereocenters. The van der Waals surface area contributed by atoms with Gasteiger partial charge in [-0.3, -0.25) is 0 Å². The Morgan fingerprint density at radius 1 is 1.05 bits per heavy atom. The van der Waals surface area contributed by atoms with Crippen LogP contribution in [0, 0.1) is 6.92 Å². The molecule has 1 aromatic heterocycles. The van der Waals surface area contributed by atoms with Crippen molar-refractivity contribution in [3.05, 3.63) is 70.1 Å². The summed E-state index contributed by atoms with van der Waals surface area (Å²) >= 11 is 0. The van der Waals surface area contributed by atoms with Gasteiger partial charge in [0.25, 0.3) is 0 Å². The summed E-state index contributed by atoms with van der Waals surface area (Å²) in [6.07, 6.45) is 0. The maximum Gasteiger partial charge on any atom is 0.379 e. The van der Waals surface area contributed by atoms with Crippen molar-refractivity contribution in [1.82, 2.24) is 0 Å². The SMILES string of the molecule is Cc1ccccc1N1COc2c(c3ccccc3oc2=O)C1. The molecule has 4 rings (SSSR count). The normalized spacial score (nSPS) is 13.8. The lowest BCUT2D eigenvalue weighted by Crippen LogP contribution is -2.34. The average Bonchev–Trinajstić information content (AvgIpc) is 2.55. The smallest absolute Gasteiger partial charge is 0.379 e. The molecule has 0 radical (unpaired) electrons. The van der Waals surface area contributed by atoms with Gasteiger partial charge < -0.3 is 14.1 Å². The molecule has 0 N–H and O–H groups in total. The number of nitrogens with zero attached hydrogens (tertiary/aromatic N) is 1. The third-order valence-electron chi connectivity index (χ3n) is 4.04. The molecule has 1 aliphatic rings. The quantitative estimate of drug-likeness (QED) is 0.644. The van der Waals surface area contributed by atoms with Gasteiger partial charge in [0, 0.05) is 16.6 Å².